The zero-order valence-electron chi connectivity index (χ0n) is 10.9. The Bertz CT molecular complexity index is 452. The second-order valence-corrected chi connectivity index (χ2v) is 4.63. The van der Waals surface area contributed by atoms with E-state index in [-0.39, 0.29) is 12.5 Å². The van der Waals surface area contributed by atoms with Gasteiger partial charge in [0.25, 0.3) is 0 Å². The van der Waals surface area contributed by atoms with Crippen LogP contribution in [-0.2, 0) is 0 Å². The first-order valence-electron chi connectivity index (χ1n) is 6.42. The first-order valence-corrected chi connectivity index (χ1v) is 6.42. The Labute approximate surface area is 115 Å². The van der Waals surface area contributed by atoms with Gasteiger partial charge in [0.1, 0.15) is 13.2 Å². The summed E-state index contributed by atoms with van der Waals surface area (Å²) in [5.41, 5.74) is 3.34. The van der Waals surface area contributed by atoms with E-state index in [1.54, 1.807) is 18.2 Å². The molecule has 1 heterocycles. The van der Waals surface area contributed by atoms with E-state index in [2.05, 4.69) is 5.43 Å². The van der Waals surface area contributed by atoms with Crippen LogP contribution in [0.3, 0.4) is 0 Å². The fourth-order valence-electron chi connectivity index (χ4n) is 2.13. The van der Waals surface area contributed by atoms with Crippen molar-refractivity contribution in [3.63, 3.8) is 0 Å². The number of hydrogen-bond donors (Lipinski definition) is 2. The Morgan fingerprint density at radius 2 is 1.90 bits per heavy atom. The van der Waals surface area contributed by atoms with Crippen LogP contribution in [0.2, 0.25) is 0 Å². The van der Waals surface area contributed by atoms with Gasteiger partial charge in [-0.1, -0.05) is 6.07 Å². The third-order valence-electron chi connectivity index (χ3n) is 3.12. The van der Waals surface area contributed by atoms with Crippen molar-refractivity contribution in [1.29, 1.82) is 0 Å². The molecular formula is C13H17F3N2O2. The number of fused-ring (bicyclic) bond motifs is 1. The molecule has 1 aliphatic rings. The van der Waals surface area contributed by atoms with Gasteiger partial charge in [-0.25, -0.2) is 0 Å². The molecule has 3 N–H and O–H groups in total. The van der Waals surface area contributed by atoms with E-state index in [0.29, 0.717) is 31.1 Å². The largest absolute Gasteiger partial charge is 0.486 e. The standard InChI is InChI=1S/C13H17F3N2O2/c14-13(15,16)5-1-2-10(18-17)9-3-4-11-12(8-9)20-7-6-19-11/h3-4,8,10,18H,1-2,5-7,17H2. The Hall–Kier alpha value is -1.47. The second-order valence-electron chi connectivity index (χ2n) is 4.63. The van der Waals surface area contributed by atoms with Gasteiger partial charge in [0.15, 0.2) is 11.5 Å². The lowest BCUT2D eigenvalue weighted by atomic mass is 10.0. The molecule has 0 aliphatic carbocycles. The van der Waals surface area contributed by atoms with Crippen LogP contribution in [0.5, 0.6) is 11.5 Å². The van der Waals surface area contributed by atoms with Crippen molar-refractivity contribution < 1.29 is 22.6 Å². The summed E-state index contributed by atoms with van der Waals surface area (Å²) in [5.74, 6) is 6.67. The molecule has 0 bridgehead atoms. The van der Waals surface area contributed by atoms with Crippen LogP contribution >= 0.6 is 0 Å². The molecule has 1 unspecified atom stereocenters. The fraction of sp³-hybridized carbons (Fsp3) is 0.538. The molecule has 1 aromatic carbocycles. The van der Waals surface area contributed by atoms with Crippen LogP contribution in [0, 0.1) is 0 Å². The molecule has 2 rings (SSSR count). The highest BCUT2D eigenvalue weighted by molar-refractivity contribution is 5.44. The molecule has 1 aliphatic heterocycles. The molecule has 1 aromatic rings. The average Bonchev–Trinajstić information content (AvgIpc) is 2.42. The molecule has 0 saturated carbocycles. The van der Waals surface area contributed by atoms with E-state index in [1.165, 1.54) is 0 Å². The molecule has 4 nitrogen and oxygen atoms in total. The molecule has 7 heteroatoms. The van der Waals surface area contributed by atoms with Crippen LogP contribution < -0.4 is 20.7 Å². The van der Waals surface area contributed by atoms with Crippen molar-refractivity contribution in [3.8, 4) is 11.5 Å². The summed E-state index contributed by atoms with van der Waals surface area (Å²) in [6.45, 7) is 0.960. The van der Waals surface area contributed by atoms with Crippen molar-refractivity contribution in [2.75, 3.05) is 13.2 Å². The summed E-state index contributed by atoms with van der Waals surface area (Å²) in [4.78, 5) is 0. The van der Waals surface area contributed by atoms with Crippen LogP contribution in [0.15, 0.2) is 18.2 Å². The molecule has 112 valence electrons. The van der Waals surface area contributed by atoms with Crippen molar-refractivity contribution in [1.82, 2.24) is 5.43 Å². The summed E-state index contributed by atoms with van der Waals surface area (Å²) in [6.07, 6.45) is -4.62. The highest BCUT2D eigenvalue weighted by Crippen LogP contribution is 2.34. The predicted octanol–water partition coefficient (Wildman–Crippen LogP) is 2.69. The minimum Gasteiger partial charge on any atom is -0.486 e. The molecule has 0 fully saturated rings. The quantitative estimate of drug-likeness (QED) is 0.646. The van der Waals surface area contributed by atoms with Gasteiger partial charge in [-0.3, -0.25) is 11.3 Å². The molecular weight excluding hydrogens is 273 g/mol. The number of halogens is 3. The number of rotatable bonds is 5. The van der Waals surface area contributed by atoms with Gasteiger partial charge in [0.2, 0.25) is 0 Å². The zero-order valence-corrected chi connectivity index (χ0v) is 10.9. The number of benzene rings is 1. The van der Waals surface area contributed by atoms with E-state index in [0.717, 1.165) is 5.56 Å². The topological polar surface area (TPSA) is 56.5 Å². The Kier molecular flexibility index (Phi) is 4.72. The highest BCUT2D eigenvalue weighted by atomic mass is 19.4. The van der Waals surface area contributed by atoms with Crippen molar-refractivity contribution in [2.24, 2.45) is 5.84 Å². The Morgan fingerprint density at radius 1 is 1.20 bits per heavy atom. The van der Waals surface area contributed by atoms with Gasteiger partial charge in [0, 0.05) is 12.5 Å². The third-order valence-corrected chi connectivity index (χ3v) is 3.12. The predicted molar refractivity (Wildman–Crippen MR) is 67.4 cm³/mol. The lowest BCUT2D eigenvalue weighted by molar-refractivity contribution is -0.135. The fourth-order valence-corrected chi connectivity index (χ4v) is 2.13. The van der Waals surface area contributed by atoms with Gasteiger partial charge >= 0.3 is 6.18 Å². The summed E-state index contributed by atoms with van der Waals surface area (Å²) < 4.78 is 47.3. The van der Waals surface area contributed by atoms with Gasteiger partial charge in [0.05, 0.1) is 0 Å². The molecule has 0 amide bonds. The van der Waals surface area contributed by atoms with E-state index in [4.69, 9.17) is 15.3 Å². The van der Waals surface area contributed by atoms with Gasteiger partial charge in [-0.2, -0.15) is 13.2 Å². The van der Waals surface area contributed by atoms with Crippen molar-refractivity contribution in [3.05, 3.63) is 23.8 Å². The van der Waals surface area contributed by atoms with Crippen molar-refractivity contribution >= 4 is 0 Å². The first kappa shape index (κ1) is 14.9. The van der Waals surface area contributed by atoms with Crippen LogP contribution in [0.25, 0.3) is 0 Å². The SMILES string of the molecule is NNC(CCCC(F)(F)F)c1ccc2c(c1)OCCO2. The summed E-state index contributed by atoms with van der Waals surface area (Å²) >= 11 is 0. The number of ether oxygens (including phenoxy) is 2. The Balaban J connectivity index is 2.00. The summed E-state index contributed by atoms with van der Waals surface area (Å²) in [6, 6.07) is 4.95. The van der Waals surface area contributed by atoms with Gasteiger partial charge < -0.3 is 9.47 Å². The number of nitrogens with two attached hydrogens (primary N) is 1. The maximum atomic E-state index is 12.1. The average molecular weight is 290 g/mol. The van der Waals surface area contributed by atoms with E-state index >= 15 is 0 Å². The number of hydrogen-bond acceptors (Lipinski definition) is 4. The maximum absolute atomic E-state index is 12.1. The van der Waals surface area contributed by atoms with E-state index in [1.807, 2.05) is 0 Å². The minimum atomic E-state index is -4.13. The second kappa shape index (κ2) is 6.32. The zero-order chi connectivity index (χ0) is 14.6. The molecule has 1 atom stereocenters. The Morgan fingerprint density at radius 3 is 2.55 bits per heavy atom. The number of alkyl halides is 3. The van der Waals surface area contributed by atoms with Crippen LogP contribution in [0.1, 0.15) is 30.9 Å². The maximum Gasteiger partial charge on any atom is 0.389 e. The molecule has 0 radical (unpaired) electrons. The summed E-state index contributed by atoms with van der Waals surface area (Å²) in [5, 5.41) is 0. The number of nitrogens with one attached hydrogen (secondary N) is 1. The van der Waals surface area contributed by atoms with E-state index < -0.39 is 12.6 Å². The first-order chi connectivity index (χ1) is 9.49. The van der Waals surface area contributed by atoms with Crippen LogP contribution in [-0.4, -0.2) is 19.4 Å². The molecule has 20 heavy (non-hydrogen) atoms. The van der Waals surface area contributed by atoms with Gasteiger partial charge in [-0.05, 0) is 30.5 Å². The molecule has 0 aromatic heterocycles. The van der Waals surface area contributed by atoms with E-state index in [9.17, 15) is 13.2 Å². The van der Waals surface area contributed by atoms with Crippen LogP contribution in [0.4, 0.5) is 13.2 Å². The lowest BCUT2D eigenvalue weighted by Crippen LogP contribution is -2.28. The number of hydrazine groups is 1. The normalized spacial score (nSPS) is 16.0. The molecule has 0 saturated heterocycles. The highest BCUT2D eigenvalue weighted by Gasteiger charge is 2.27. The van der Waals surface area contributed by atoms with Gasteiger partial charge in [-0.15, -0.1) is 0 Å². The minimum absolute atomic E-state index is 0.0206. The molecule has 0 spiro atoms. The lowest BCUT2D eigenvalue weighted by Gasteiger charge is -2.22. The monoisotopic (exact) mass is 290 g/mol. The summed E-state index contributed by atoms with van der Waals surface area (Å²) in [7, 11) is 0. The van der Waals surface area contributed by atoms with Crippen molar-refractivity contribution in [2.45, 2.75) is 31.5 Å². The smallest absolute Gasteiger partial charge is 0.389 e. The third kappa shape index (κ3) is 4.01.